The number of anilines is 1. The number of hydrogen-bond donors (Lipinski definition) is 4. The van der Waals surface area contributed by atoms with Crippen LogP contribution < -0.4 is 16.2 Å². The zero-order valence-electron chi connectivity index (χ0n) is 21.1. The normalized spacial score (nSPS) is 18.2. The average molecular weight is 529 g/mol. The molecule has 1 aliphatic carbocycles. The van der Waals surface area contributed by atoms with Crippen LogP contribution in [0.5, 0.6) is 0 Å². The van der Waals surface area contributed by atoms with Crippen molar-refractivity contribution in [3.05, 3.63) is 98.1 Å². The van der Waals surface area contributed by atoms with Crippen LogP contribution in [0.3, 0.4) is 0 Å². The number of H-pyrrole nitrogens is 1. The van der Waals surface area contributed by atoms with Crippen LogP contribution in [0.15, 0.2) is 86.4 Å². The summed E-state index contributed by atoms with van der Waals surface area (Å²) in [5, 5.41) is 19.0. The molecule has 1 unspecified atom stereocenters. The van der Waals surface area contributed by atoms with Crippen molar-refractivity contribution in [3.63, 3.8) is 0 Å². The Morgan fingerprint density at radius 2 is 1.95 bits per heavy atom. The third-order valence-electron chi connectivity index (χ3n) is 7.21. The molecule has 8 nitrogen and oxygen atoms in total. The van der Waals surface area contributed by atoms with Crippen LogP contribution >= 0.6 is 11.6 Å². The lowest BCUT2D eigenvalue weighted by molar-refractivity contribution is 0.191. The minimum absolute atomic E-state index is 0.182. The summed E-state index contributed by atoms with van der Waals surface area (Å²) in [4.78, 5) is 28.5. The molecule has 0 bridgehead atoms. The van der Waals surface area contributed by atoms with Crippen LogP contribution in [0.1, 0.15) is 30.6 Å². The summed E-state index contributed by atoms with van der Waals surface area (Å²) >= 11 is 6.13. The van der Waals surface area contributed by atoms with E-state index < -0.39 is 6.10 Å². The number of amidine groups is 1. The molecule has 1 atom stereocenters. The SMILES string of the molecule is CC1=C2N=C(c3c(NCC(O)c4cccc(Cl)c4)c4ccccc4[nH]c3=O)N=C2CC(N2CCNCC2)=C1. The van der Waals surface area contributed by atoms with Crippen LogP contribution in [0.2, 0.25) is 5.02 Å². The van der Waals surface area contributed by atoms with E-state index in [1.54, 1.807) is 18.2 Å². The maximum atomic E-state index is 13.4. The number of nitrogens with one attached hydrogen (secondary N) is 3. The number of aliphatic hydroxyl groups excluding tert-OH is 1. The van der Waals surface area contributed by atoms with Gasteiger partial charge in [-0.15, -0.1) is 0 Å². The Morgan fingerprint density at radius 3 is 2.76 bits per heavy atom. The van der Waals surface area contributed by atoms with Crippen LogP contribution in [-0.4, -0.2) is 59.3 Å². The molecule has 3 aromatic rings. The Balaban J connectivity index is 1.36. The number of aliphatic hydroxyl groups is 1. The molecule has 1 aromatic heterocycles. The quantitative estimate of drug-likeness (QED) is 0.387. The first-order valence-corrected chi connectivity index (χ1v) is 13.2. The van der Waals surface area contributed by atoms with E-state index in [4.69, 9.17) is 21.6 Å². The number of pyridine rings is 1. The van der Waals surface area contributed by atoms with Crippen molar-refractivity contribution in [1.82, 2.24) is 15.2 Å². The third-order valence-corrected chi connectivity index (χ3v) is 7.45. The van der Waals surface area contributed by atoms with E-state index in [1.165, 1.54) is 5.70 Å². The number of benzene rings is 2. The third kappa shape index (κ3) is 4.67. The van der Waals surface area contributed by atoms with E-state index in [-0.39, 0.29) is 12.1 Å². The Kier molecular flexibility index (Phi) is 6.61. The zero-order chi connectivity index (χ0) is 26.2. The Hall–Kier alpha value is -3.72. The van der Waals surface area contributed by atoms with Crippen LogP contribution in [0.4, 0.5) is 5.69 Å². The summed E-state index contributed by atoms with van der Waals surface area (Å²) < 4.78 is 0. The molecule has 38 heavy (non-hydrogen) atoms. The smallest absolute Gasteiger partial charge is 0.261 e. The van der Waals surface area contributed by atoms with Gasteiger partial charge in [0.05, 0.1) is 28.7 Å². The van der Waals surface area contributed by atoms with E-state index in [0.717, 1.165) is 48.5 Å². The maximum absolute atomic E-state index is 13.4. The van der Waals surface area contributed by atoms with Crippen molar-refractivity contribution in [2.45, 2.75) is 19.4 Å². The zero-order valence-corrected chi connectivity index (χ0v) is 21.8. The molecule has 4 N–H and O–H groups in total. The van der Waals surface area contributed by atoms with E-state index in [2.05, 4.69) is 26.6 Å². The van der Waals surface area contributed by atoms with Crippen molar-refractivity contribution in [2.75, 3.05) is 38.0 Å². The van der Waals surface area contributed by atoms with Gasteiger partial charge in [-0.3, -0.25) is 4.79 Å². The molecule has 0 saturated carbocycles. The highest BCUT2D eigenvalue weighted by Crippen LogP contribution is 2.32. The molecule has 9 heteroatoms. The van der Waals surface area contributed by atoms with Crippen molar-refractivity contribution in [1.29, 1.82) is 0 Å². The summed E-state index contributed by atoms with van der Waals surface area (Å²) in [6.45, 7) is 6.07. The van der Waals surface area contributed by atoms with Gasteiger partial charge < -0.3 is 25.6 Å². The minimum Gasteiger partial charge on any atom is -0.387 e. The van der Waals surface area contributed by atoms with Crippen molar-refractivity contribution >= 4 is 39.7 Å². The molecule has 0 amide bonds. The number of hydrogen-bond acceptors (Lipinski definition) is 7. The fraction of sp³-hybridized carbons (Fsp3) is 0.276. The number of piperazine rings is 1. The summed E-state index contributed by atoms with van der Waals surface area (Å²) in [7, 11) is 0. The number of fused-ring (bicyclic) bond motifs is 2. The first-order valence-electron chi connectivity index (χ1n) is 12.8. The molecule has 1 fully saturated rings. The average Bonchev–Trinajstić information content (AvgIpc) is 3.36. The fourth-order valence-electron chi connectivity index (χ4n) is 5.29. The maximum Gasteiger partial charge on any atom is 0.261 e. The number of para-hydroxylation sites is 1. The van der Waals surface area contributed by atoms with E-state index in [1.807, 2.05) is 37.3 Å². The van der Waals surface area contributed by atoms with Crippen molar-refractivity contribution in [3.8, 4) is 0 Å². The van der Waals surface area contributed by atoms with Gasteiger partial charge in [-0.05, 0) is 42.3 Å². The number of nitrogens with zero attached hydrogens (tertiary/aromatic N) is 3. The van der Waals surface area contributed by atoms with E-state index in [0.29, 0.717) is 39.6 Å². The summed E-state index contributed by atoms with van der Waals surface area (Å²) in [6.07, 6.45) is 2.05. The molecule has 194 valence electrons. The molecule has 2 aliphatic heterocycles. The number of aromatic nitrogens is 1. The van der Waals surface area contributed by atoms with E-state index in [9.17, 15) is 9.90 Å². The van der Waals surface area contributed by atoms with E-state index >= 15 is 0 Å². The molecule has 0 radical (unpaired) electrons. The molecule has 6 rings (SSSR count). The number of allylic oxidation sites excluding steroid dienone is 4. The minimum atomic E-state index is -0.824. The lowest BCUT2D eigenvalue weighted by Gasteiger charge is -2.33. The van der Waals surface area contributed by atoms with Gasteiger partial charge >= 0.3 is 0 Å². The monoisotopic (exact) mass is 528 g/mol. The van der Waals surface area contributed by atoms with Gasteiger partial charge in [-0.1, -0.05) is 41.9 Å². The second kappa shape index (κ2) is 10.2. The summed E-state index contributed by atoms with van der Waals surface area (Å²) in [5.41, 5.74) is 6.06. The van der Waals surface area contributed by atoms with Crippen LogP contribution in [0.25, 0.3) is 10.9 Å². The topological polar surface area (TPSA) is 105 Å². The molecule has 0 spiro atoms. The standard InChI is InChI=1S/C29H29ClN6O2/c1-17-13-20(36-11-9-31-10-12-36)15-23-26(17)35-28(33-23)25-27(21-7-2-3-8-22(21)34-29(25)38)32-16-24(37)18-5-4-6-19(30)14-18/h2-8,13-14,24,31,37H,9-12,15-16H2,1H3,(H2,32,34,38). The summed E-state index contributed by atoms with van der Waals surface area (Å²) in [6, 6.07) is 14.7. The van der Waals surface area contributed by atoms with Gasteiger partial charge in [0.15, 0.2) is 5.84 Å². The lowest BCUT2D eigenvalue weighted by Crippen LogP contribution is -2.43. The Morgan fingerprint density at radius 1 is 1.13 bits per heavy atom. The predicted octanol–water partition coefficient (Wildman–Crippen LogP) is 4.00. The van der Waals surface area contributed by atoms with Gasteiger partial charge in [0, 0.05) is 55.3 Å². The van der Waals surface area contributed by atoms with Gasteiger partial charge in [0.25, 0.3) is 5.56 Å². The summed E-state index contributed by atoms with van der Waals surface area (Å²) in [5.74, 6) is 0.385. The van der Waals surface area contributed by atoms with Crippen molar-refractivity contribution in [2.24, 2.45) is 9.98 Å². The second-order valence-corrected chi connectivity index (χ2v) is 10.2. The number of rotatable bonds is 6. The Bertz CT molecular complexity index is 1600. The van der Waals surface area contributed by atoms with Crippen LogP contribution in [-0.2, 0) is 0 Å². The molecule has 3 aliphatic rings. The van der Waals surface area contributed by atoms with Gasteiger partial charge in [0.1, 0.15) is 5.56 Å². The highest BCUT2D eigenvalue weighted by molar-refractivity contribution is 6.30. The molecule has 3 heterocycles. The van der Waals surface area contributed by atoms with Crippen LogP contribution in [0, 0.1) is 0 Å². The predicted molar refractivity (Wildman–Crippen MR) is 153 cm³/mol. The second-order valence-electron chi connectivity index (χ2n) is 9.78. The highest BCUT2D eigenvalue weighted by Gasteiger charge is 2.29. The fourth-order valence-corrected chi connectivity index (χ4v) is 5.49. The van der Waals surface area contributed by atoms with Gasteiger partial charge in [-0.25, -0.2) is 9.98 Å². The van der Waals surface area contributed by atoms with Gasteiger partial charge in [-0.2, -0.15) is 0 Å². The lowest BCUT2D eigenvalue weighted by atomic mass is 9.99. The number of halogens is 1. The number of aliphatic imine (C=N–C) groups is 2. The highest BCUT2D eigenvalue weighted by atomic mass is 35.5. The number of aromatic amines is 1. The molecule has 1 saturated heterocycles. The molecular formula is C29H29ClN6O2. The van der Waals surface area contributed by atoms with Gasteiger partial charge in [0.2, 0.25) is 0 Å². The van der Waals surface area contributed by atoms with Crippen molar-refractivity contribution < 1.29 is 5.11 Å². The molecular weight excluding hydrogens is 500 g/mol. The Labute approximate surface area is 225 Å². The first-order chi connectivity index (χ1) is 18.5. The largest absolute Gasteiger partial charge is 0.387 e. The molecule has 2 aromatic carbocycles. The first kappa shape index (κ1) is 24.6.